The summed E-state index contributed by atoms with van der Waals surface area (Å²) in [6, 6.07) is 10.0. The van der Waals surface area contributed by atoms with E-state index in [0.717, 1.165) is 6.54 Å². The average Bonchev–Trinajstić information content (AvgIpc) is 2.41. The van der Waals surface area contributed by atoms with Crippen LogP contribution >= 0.6 is 11.8 Å². The topological polar surface area (TPSA) is 37.4 Å². The number of rotatable bonds is 6. The number of likely N-dealkylation sites (tertiary alicyclic amines) is 1. The predicted molar refractivity (Wildman–Crippen MR) is 73.5 cm³/mol. The first-order chi connectivity index (χ1) is 8.70. The lowest BCUT2D eigenvalue weighted by Gasteiger charge is -2.30. The fourth-order valence-corrected chi connectivity index (χ4v) is 2.80. The van der Waals surface area contributed by atoms with Gasteiger partial charge in [-0.15, -0.1) is 0 Å². The SMILES string of the molecule is CSC(CC(=O)CN1CCC1=O)c1ccccc1. The molecule has 1 amide bonds. The van der Waals surface area contributed by atoms with Crippen molar-refractivity contribution in [3.63, 3.8) is 0 Å². The number of thioether (sulfide) groups is 1. The molecule has 1 aliphatic heterocycles. The Labute approximate surface area is 112 Å². The van der Waals surface area contributed by atoms with Crippen molar-refractivity contribution < 1.29 is 9.59 Å². The van der Waals surface area contributed by atoms with Gasteiger partial charge in [0.2, 0.25) is 5.91 Å². The number of Topliss-reactive ketones (excluding diaryl/α,β-unsaturated/α-hetero) is 1. The van der Waals surface area contributed by atoms with E-state index in [9.17, 15) is 9.59 Å². The second kappa shape index (κ2) is 6.05. The van der Waals surface area contributed by atoms with E-state index in [-0.39, 0.29) is 23.5 Å². The Hall–Kier alpha value is -1.29. The molecule has 96 valence electrons. The van der Waals surface area contributed by atoms with E-state index >= 15 is 0 Å². The monoisotopic (exact) mass is 263 g/mol. The van der Waals surface area contributed by atoms with Gasteiger partial charge in [0.15, 0.2) is 5.78 Å². The molecule has 0 aliphatic carbocycles. The third kappa shape index (κ3) is 3.13. The maximum Gasteiger partial charge on any atom is 0.224 e. The Kier molecular flexibility index (Phi) is 4.42. The Bertz CT molecular complexity index is 433. The standard InChI is InChI=1S/C14H17NO2S/c1-18-13(11-5-3-2-4-6-11)9-12(16)10-15-8-7-14(15)17/h2-6,13H,7-10H2,1H3. The van der Waals surface area contributed by atoms with E-state index < -0.39 is 0 Å². The number of ketones is 1. The Morgan fingerprint density at radius 1 is 1.39 bits per heavy atom. The molecule has 18 heavy (non-hydrogen) atoms. The number of hydrogen-bond acceptors (Lipinski definition) is 3. The maximum atomic E-state index is 11.9. The first kappa shape index (κ1) is 13.1. The van der Waals surface area contributed by atoms with Gasteiger partial charge in [-0.2, -0.15) is 11.8 Å². The van der Waals surface area contributed by atoms with Gasteiger partial charge in [-0.25, -0.2) is 0 Å². The summed E-state index contributed by atoms with van der Waals surface area (Å²) >= 11 is 1.68. The van der Waals surface area contributed by atoms with Crippen molar-refractivity contribution >= 4 is 23.5 Å². The van der Waals surface area contributed by atoms with Crippen LogP contribution in [0.1, 0.15) is 23.7 Å². The molecule has 0 bridgehead atoms. The molecule has 1 unspecified atom stereocenters. The average molecular weight is 263 g/mol. The van der Waals surface area contributed by atoms with Crippen molar-refractivity contribution in [3.05, 3.63) is 35.9 Å². The highest BCUT2D eigenvalue weighted by Crippen LogP contribution is 2.30. The lowest BCUT2D eigenvalue weighted by Crippen LogP contribution is -2.46. The molecule has 0 spiro atoms. The lowest BCUT2D eigenvalue weighted by molar-refractivity contribution is -0.143. The van der Waals surface area contributed by atoms with Crippen molar-refractivity contribution in [2.75, 3.05) is 19.3 Å². The number of hydrogen-bond donors (Lipinski definition) is 0. The summed E-state index contributed by atoms with van der Waals surface area (Å²) in [6.07, 6.45) is 3.10. The first-order valence-electron chi connectivity index (χ1n) is 6.08. The summed E-state index contributed by atoms with van der Waals surface area (Å²) in [7, 11) is 0. The zero-order chi connectivity index (χ0) is 13.0. The summed E-state index contributed by atoms with van der Waals surface area (Å²) in [5, 5.41) is 0.190. The second-order valence-corrected chi connectivity index (χ2v) is 5.48. The maximum absolute atomic E-state index is 11.9. The fourth-order valence-electron chi connectivity index (χ4n) is 2.02. The van der Waals surface area contributed by atoms with Crippen molar-refractivity contribution in [2.45, 2.75) is 18.1 Å². The third-order valence-corrected chi connectivity index (χ3v) is 4.19. The van der Waals surface area contributed by atoms with Crippen LogP contribution in [0, 0.1) is 0 Å². The molecule has 0 N–H and O–H groups in total. The molecule has 0 saturated carbocycles. The van der Waals surface area contributed by atoms with Crippen LogP contribution in [0.15, 0.2) is 30.3 Å². The number of β-lactam (4-membered cyclic amide) rings is 1. The van der Waals surface area contributed by atoms with Crippen molar-refractivity contribution in [1.29, 1.82) is 0 Å². The van der Waals surface area contributed by atoms with E-state index in [4.69, 9.17) is 0 Å². The molecule has 0 radical (unpaired) electrons. The van der Waals surface area contributed by atoms with Crippen LogP contribution < -0.4 is 0 Å². The van der Waals surface area contributed by atoms with Crippen LogP contribution in [-0.2, 0) is 9.59 Å². The molecule has 1 heterocycles. The van der Waals surface area contributed by atoms with Gasteiger partial charge < -0.3 is 4.90 Å². The van der Waals surface area contributed by atoms with Crippen molar-refractivity contribution in [1.82, 2.24) is 4.90 Å². The normalized spacial score (nSPS) is 16.3. The Morgan fingerprint density at radius 2 is 2.11 bits per heavy atom. The minimum absolute atomic E-state index is 0.101. The molecular weight excluding hydrogens is 246 g/mol. The van der Waals surface area contributed by atoms with Crippen molar-refractivity contribution in [2.24, 2.45) is 0 Å². The molecule has 1 fully saturated rings. The van der Waals surface area contributed by atoms with Gasteiger partial charge >= 0.3 is 0 Å². The molecule has 1 saturated heterocycles. The van der Waals surface area contributed by atoms with Gasteiger partial charge in [-0.3, -0.25) is 9.59 Å². The van der Waals surface area contributed by atoms with Gasteiger partial charge in [0.1, 0.15) is 0 Å². The van der Waals surface area contributed by atoms with E-state index in [0.29, 0.717) is 12.8 Å². The number of nitrogens with zero attached hydrogens (tertiary/aromatic N) is 1. The second-order valence-electron chi connectivity index (χ2n) is 4.44. The summed E-state index contributed by atoms with van der Waals surface area (Å²) in [5.74, 6) is 0.245. The summed E-state index contributed by atoms with van der Waals surface area (Å²) in [5.41, 5.74) is 1.17. The minimum atomic E-state index is 0.101. The highest BCUT2D eigenvalue weighted by molar-refractivity contribution is 7.98. The molecule has 3 nitrogen and oxygen atoms in total. The van der Waals surface area contributed by atoms with Crippen LogP contribution in [0.25, 0.3) is 0 Å². The zero-order valence-electron chi connectivity index (χ0n) is 10.5. The molecule has 0 aromatic heterocycles. The largest absolute Gasteiger partial charge is 0.335 e. The zero-order valence-corrected chi connectivity index (χ0v) is 11.3. The lowest BCUT2D eigenvalue weighted by atomic mass is 10.1. The summed E-state index contributed by atoms with van der Waals surface area (Å²) in [6.45, 7) is 1.02. The molecule has 1 aromatic rings. The Morgan fingerprint density at radius 3 is 2.61 bits per heavy atom. The molecule has 4 heteroatoms. The van der Waals surface area contributed by atoms with Gasteiger partial charge in [0.05, 0.1) is 6.54 Å². The van der Waals surface area contributed by atoms with E-state index in [1.54, 1.807) is 16.7 Å². The first-order valence-corrected chi connectivity index (χ1v) is 7.36. The van der Waals surface area contributed by atoms with Gasteiger partial charge in [0.25, 0.3) is 0 Å². The van der Waals surface area contributed by atoms with E-state index in [2.05, 4.69) is 0 Å². The molecular formula is C14H17NO2S. The number of amides is 1. The molecule has 1 aliphatic rings. The van der Waals surface area contributed by atoms with Crippen LogP contribution in [0.3, 0.4) is 0 Å². The molecule has 2 rings (SSSR count). The van der Waals surface area contributed by atoms with Crippen LogP contribution in [-0.4, -0.2) is 35.9 Å². The third-order valence-electron chi connectivity index (χ3n) is 3.18. The molecule has 1 aromatic carbocycles. The summed E-state index contributed by atoms with van der Waals surface area (Å²) in [4.78, 5) is 24.7. The molecule has 1 atom stereocenters. The van der Waals surface area contributed by atoms with Crippen LogP contribution in [0.4, 0.5) is 0 Å². The van der Waals surface area contributed by atoms with Crippen molar-refractivity contribution in [3.8, 4) is 0 Å². The predicted octanol–water partition coefficient (Wildman–Crippen LogP) is 2.28. The quantitative estimate of drug-likeness (QED) is 0.739. The number of carbonyl (C=O) groups excluding carboxylic acids is 2. The minimum Gasteiger partial charge on any atom is -0.335 e. The number of benzene rings is 1. The fraction of sp³-hybridized carbons (Fsp3) is 0.429. The van der Waals surface area contributed by atoms with E-state index in [1.165, 1.54) is 5.56 Å². The van der Waals surface area contributed by atoms with Gasteiger partial charge in [-0.05, 0) is 11.8 Å². The highest BCUT2D eigenvalue weighted by atomic mass is 32.2. The smallest absolute Gasteiger partial charge is 0.224 e. The van der Waals surface area contributed by atoms with Gasteiger partial charge in [0, 0.05) is 24.6 Å². The van der Waals surface area contributed by atoms with E-state index in [1.807, 2.05) is 36.6 Å². The van der Waals surface area contributed by atoms with Crippen LogP contribution in [0.5, 0.6) is 0 Å². The number of carbonyl (C=O) groups is 2. The summed E-state index contributed by atoms with van der Waals surface area (Å²) < 4.78 is 0. The highest BCUT2D eigenvalue weighted by Gasteiger charge is 2.26. The Balaban J connectivity index is 1.90. The van der Waals surface area contributed by atoms with Gasteiger partial charge in [-0.1, -0.05) is 30.3 Å². The van der Waals surface area contributed by atoms with Crippen LogP contribution in [0.2, 0.25) is 0 Å².